The number of hydrogen-bond acceptors (Lipinski definition) is 3. The van der Waals surface area contributed by atoms with Crippen molar-refractivity contribution >= 4 is 23.3 Å². The van der Waals surface area contributed by atoms with Crippen LogP contribution >= 0.6 is 11.6 Å². The number of aryl methyl sites for hydroxylation is 1. The number of urea groups is 1. The summed E-state index contributed by atoms with van der Waals surface area (Å²) in [4.78, 5) is 12.2. The molecule has 0 bridgehead atoms. The maximum absolute atomic E-state index is 12.2. The van der Waals surface area contributed by atoms with Crippen molar-refractivity contribution in [3.8, 4) is 0 Å². The number of nitrogens with one attached hydrogen (secondary N) is 2. The van der Waals surface area contributed by atoms with E-state index in [1.54, 1.807) is 13.2 Å². The number of methoxy groups -OCH3 is 1. The fourth-order valence-electron chi connectivity index (χ4n) is 3.42. The Morgan fingerprint density at radius 2 is 2.32 bits per heavy atom. The zero-order chi connectivity index (χ0) is 15.7. The van der Waals surface area contributed by atoms with Gasteiger partial charge in [-0.05, 0) is 31.0 Å². The second-order valence-corrected chi connectivity index (χ2v) is 6.40. The lowest BCUT2D eigenvalue weighted by Crippen LogP contribution is -2.63. The van der Waals surface area contributed by atoms with Crippen LogP contribution in [-0.4, -0.2) is 38.5 Å². The molecule has 2 fully saturated rings. The van der Waals surface area contributed by atoms with Gasteiger partial charge in [0.05, 0.1) is 12.7 Å². The molecule has 1 aromatic rings. The van der Waals surface area contributed by atoms with Gasteiger partial charge >= 0.3 is 6.03 Å². The summed E-state index contributed by atoms with van der Waals surface area (Å²) in [6, 6.07) is 5.38. The molecule has 120 valence electrons. The Morgan fingerprint density at radius 1 is 1.50 bits per heavy atom. The molecule has 3 rings (SSSR count). The van der Waals surface area contributed by atoms with Crippen molar-refractivity contribution in [1.82, 2.24) is 5.32 Å². The van der Waals surface area contributed by atoms with Crippen LogP contribution in [0.15, 0.2) is 18.2 Å². The minimum Gasteiger partial charge on any atom is -0.384 e. The Hall–Kier alpha value is -1.30. The number of amides is 2. The predicted octanol–water partition coefficient (Wildman–Crippen LogP) is 2.82. The van der Waals surface area contributed by atoms with Gasteiger partial charge < -0.3 is 20.1 Å². The van der Waals surface area contributed by atoms with Crippen LogP contribution in [0.4, 0.5) is 10.5 Å². The highest BCUT2D eigenvalue weighted by Gasteiger charge is 2.54. The van der Waals surface area contributed by atoms with Gasteiger partial charge in [0.1, 0.15) is 0 Å². The molecular formula is C16H21ClN2O3. The molecule has 2 amide bonds. The topological polar surface area (TPSA) is 59.6 Å². The Morgan fingerprint density at radius 3 is 3.05 bits per heavy atom. The fourth-order valence-corrected chi connectivity index (χ4v) is 3.60. The number of halogens is 1. The number of benzene rings is 1. The van der Waals surface area contributed by atoms with E-state index < -0.39 is 0 Å². The number of hydrogen-bond donors (Lipinski definition) is 2. The second-order valence-electron chi connectivity index (χ2n) is 6.00. The lowest BCUT2D eigenvalue weighted by Gasteiger charge is -2.47. The molecule has 1 heterocycles. The third-order valence-corrected chi connectivity index (χ3v) is 5.02. The summed E-state index contributed by atoms with van der Waals surface area (Å²) in [5.41, 5.74) is 1.67. The zero-order valence-corrected chi connectivity index (χ0v) is 13.5. The third kappa shape index (κ3) is 2.93. The summed E-state index contributed by atoms with van der Waals surface area (Å²) in [7, 11) is 1.67. The summed E-state index contributed by atoms with van der Waals surface area (Å²) in [6.07, 6.45) is 1.21. The molecule has 0 radical (unpaired) electrons. The van der Waals surface area contributed by atoms with E-state index in [4.69, 9.17) is 21.1 Å². The highest BCUT2D eigenvalue weighted by molar-refractivity contribution is 6.31. The lowest BCUT2D eigenvalue weighted by molar-refractivity contribution is -0.0798. The highest BCUT2D eigenvalue weighted by atomic mass is 35.5. The third-order valence-electron chi connectivity index (χ3n) is 4.61. The van der Waals surface area contributed by atoms with Gasteiger partial charge in [-0.15, -0.1) is 0 Å². The Bertz CT molecular complexity index is 566. The van der Waals surface area contributed by atoms with Crippen molar-refractivity contribution in [1.29, 1.82) is 0 Å². The molecule has 0 unspecified atom stereocenters. The van der Waals surface area contributed by atoms with E-state index in [2.05, 4.69) is 10.6 Å². The Kier molecular flexibility index (Phi) is 4.57. The quantitative estimate of drug-likeness (QED) is 0.895. The largest absolute Gasteiger partial charge is 0.384 e. The molecule has 2 aliphatic rings. The standard InChI is InChI=1S/C16H21ClN2O3/c1-9-3-4-10(7-13(9)17)18-16(20)19-14-11-5-6-22-15(11)12(14)8-21-2/h3-4,7,11-12,14-15H,5-6,8H2,1-2H3,(H2,18,19,20)/t11-,12-,14-,15-/m1/s1. The van der Waals surface area contributed by atoms with Crippen molar-refractivity contribution in [3.05, 3.63) is 28.8 Å². The molecule has 1 saturated heterocycles. The van der Waals surface area contributed by atoms with Gasteiger partial charge in [-0.3, -0.25) is 0 Å². The van der Waals surface area contributed by atoms with Gasteiger partial charge in [-0.2, -0.15) is 0 Å². The summed E-state index contributed by atoms with van der Waals surface area (Å²) in [5.74, 6) is 0.623. The fraction of sp³-hybridized carbons (Fsp3) is 0.562. The van der Waals surface area contributed by atoms with Crippen LogP contribution in [0.1, 0.15) is 12.0 Å². The van der Waals surface area contributed by atoms with Crippen molar-refractivity contribution in [2.24, 2.45) is 11.8 Å². The molecule has 4 atom stereocenters. The van der Waals surface area contributed by atoms with Crippen LogP contribution < -0.4 is 10.6 Å². The number of anilines is 1. The van der Waals surface area contributed by atoms with E-state index in [9.17, 15) is 4.79 Å². The lowest BCUT2D eigenvalue weighted by atomic mass is 9.67. The SMILES string of the molecule is COC[C@@H]1[C@H](NC(=O)Nc2ccc(C)c(Cl)c2)[C@H]2CCO[C@H]21. The smallest absolute Gasteiger partial charge is 0.319 e. The van der Waals surface area contributed by atoms with E-state index in [-0.39, 0.29) is 24.1 Å². The monoisotopic (exact) mass is 324 g/mol. The molecule has 0 aromatic heterocycles. The first kappa shape index (κ1) is 15.6. The average molecular weight is 325 g/mol. The number of ether oxygens (including phenoxy) is 2. The molecule has 2 N–H and O–H groups in total. The first-order valence-electron chi connectivity index (χ1n) is 7.54. The molecule has 22 heavy (non-hydrogen) atoms. The van der Waals surface area contributed by atoms with E-state index in [1.165, 1.54) is 0 Å². The van der Waals surface area contributed by atoms with Crippen molar-refractivity contribution in [2.75, 3.05) is 25.6 Å². The number of fused-ring (bicyclic) bond motifs is 1. The van der Waals surface area contributed by atoms with Gasteiger partial charge in [-0.1, -0.05) is 17.7 Å². The van der Waals surface area contributed by atoms with Crippen LogP contribution in [0.3, 0.4) is 0 Å². The first-order valence-corrected chi connectivity index (χ1v) is 7.92. The van der Waals surface area contributed by atoms with Crippen LogP contribution in [0.2, 0.25) is 5.02 Å². The maximum atomic E-state index is 12.2. The Balaban J connectivity index is 1.60. The van der Waals surface area contributed by atoms with Gasteiger partial charge in [-0.25, -0.2) is 4.79 Å². The highest BCUT2D eigenvalue weighted by Crippen LogP contribution is 2.43. The van der Waals surface area contributed by atoms with Crippen molar-refractivity contribution < 1.29 is 14.3 Å². The summed E-state index contributed by atoms with van der Waals surface area (Å²) in [6.45, 7) is 3.29. The van der Waals surface area contributed by atoms with Crippen LogP contribution in [-0.2, 0) is 9.47 Å². The minimum atomic E-state index is -0.212. The van der Waals surface area contributed by atoms with Crippen LogP contribution in [0.5, 0.6) is 0 Å². The van der Waals surface area contributed by atoms with Gasteiger partial charge in [0, 0.05) is 42.3 Å². The number of carbonyl (C=O) groups is 1. The van der Waals surface area contributed by atoms with Gasteiger partial charge in [0.2, 0.25) is 0 Å². The maximum Gasteiger partial charge on any atom is 0.319 e. The molecule has 1 aliphatic carbocycles. The predicted molar refractivity (Wildman–Crippen MR) is 85.3 cm³/mol. The minimum absolute atomic E-state index is 0.105. The molecule has 1 aliphatic heterocycles. The van der Waals surface area contributed by atoms with E-state index in [1.807, 2.05) is 19.1 Å². The second kappa shape index (κ2) is 6.44. The molecular weight excluding hydrogens is 304 g/mol. The summed E-state index contributed by atoms with van der Waals surface area (Å²) >= 11 is 6.07. The first-order chi connectivity index (χ1) is 10.6. The number of rotatable bonds is 4. The molecule has 1 aromatic carbocycles. The molecule has 5 nitrogen and oxygen atoms in total. The van der Waals surface area contributed by atoms with Gasteiger partial charge in [0.15, 0.2) is 0 Å². The molecule has 1 saturated carbocycles. The van der Waals surface area contributed by atoms with E-state index >= 15 is 0 Å². The van der Waals surface area contributed by atoms with Crippen molar-refractivity contribution in [3.63, 3.8) is 0 Å². The van der Waals surface area contributed by atoms with Crippen LogP contribution in [0, 0.1) is 18.8 Å². The average Bonchev–Trinajstić information content (AvgIpc) is 2.91. The summed E-state index contributed by atoms with van der Waals surface area (Å²) < 4.78 is 11.0. The van der Waals surface area contributed by atoms with Gasteiger partial charge in [0.25, 0.3) is 0 Å². The van der Waals surface area contributed by atoms with E-state index in [0.717, 1.165) is 18.6 Å². The Labute approximate surface area is 135 Å². The van der Waals surface area contributed by atoms with Crippen LogP contribution in [0.25, 0.3) is 0 Å². The van der Waals surface area contributed by atoms with E-state index in [0.29, 0.717) is 23.2 Å². The molecule has 0 spiro atoms. The zero-order valence-electron chi connectivity index (χ0n) is 12.8. The summed E-state index contributed by atoms with van der Waals surface area (Å²) in [5, 5.41) is 6.53. The molecule has 6 heteroatoms. The normalized spacial score (nSPS) is 29.6. The van der Waals surface area contributed by atoms with Crippen molar-refractivity contribution in [2.45, 2.75) is 25.5 Å². The number of carbonyl (C=O) groups excluding carboxylic acids is 1.